The number of fused-ring (bicyclic) bond motifs is 1. The van der Waals surface area contributed by atoms with Gasteiger partial charge in [-0.05, 0) is 26.3 Å². The molecule has 0 spiro atoms. The SMILES string of the molecule is Cc1nc(CNCC2CN3CCCC3CO2)cs1. The lowest BCUT2D eigenvalue weighted by molar-refractivity contribution is -0.0470. The summed E-state index contributed by atoms with van der Waals surface area (Å²) in [7, 11) is 0. The molecule has 0 radical (unpaired) electrons. The predicted octanol–water partition coefficient (Wildman–Crippen LogP) is 1.40. The molecule has 4 nitrogen and oxygen atoms in total. The number of hydrogen-bond acceptors (Lipinski definition) is 5. The molecule has 0 aromatic carbocycles. The van der Waals surface area contributed by atoms with E-state index in [9.17, 15) is 0 Å². The van der Waals surface area contributed by atoms with E-state index in [1.54, 1.807) is 11.3 Å². The Morgan fingerprint density at radius 1 is 1.61 bits per heavy atom. The second-order valence-corrected chi connectivity index (χ2v) is 6.30. The smallest absolute Gasteiger partial charge is 0.0897 e. The van der Waals surface area contributed by atoms with Crippen LogP contribution in [-0.2, 0) is 11.3 Å². The molecule has 18 heavy (non-hydrogen) atoms. The Balaban J connectivity index is 1.41. The van der Waals surface area contributed by atoms with Crippen molar-refractivity contribution >= 4 is 11.3 Å². The summed E-state index contributed by atoms with van der Waals surface area (Å²) in [6, 6.07) is 0.697. The molecule has 2 aliphatic heterocycles. The Kier molecular flexibility index (Phi) is 3.94. The normalized spacial score (nSPS) is 28.5. The molecule has 0 saturated carbocycles. The summed E-state index contributed by atoms with van der Waals surface area (Å²) < 4.78 is 5.91. The first-order chi connectivity index (χ1) is 8.81. The number of nitrogens with one attached hydrogen (secondary N) is 1. The van der Waals surface area contributed by atoms with E-state index >= 15 is 0 Å². The highest BCUT2D eigenvalue weighted by molar-refractivity contribution is 7.09. The largest absolute Gasteiger partial charge is 0.374 e. The van der Waals surface area contributed by atoms with Gasteiger partial charge in [0.1, 0.15) is 0 Å². The van der Waals surface area contributed by atoms with E-state index < -0.39 is 0 Å². The number of rotatable bonds is 4. The zero-order valence-electron chi connectivity index (χ0n) is 10.9. The fourth-order valence-electron chi connectivity index (χ4n) is 2.86. The van der Waals surface area contributed by atoms with Gasteiger partial charge < -0.3 is 10.1 Å². The fourth-order valence-corrected chi connectivity index (χ4v) is 3.47. The number of nitrogens with zero attached hydrogens (tertiary/aromatic N) is 2. The standard InChI is InChI=1S/C13H21N3OS/c1-10-15-11(9-18-10)5-14-6-13-7-16-4-2-3-12(16)8-17-13/h9,12-14H,2-8H2,1H3. The molecule has 0 amide bonds. The first kappa shape index (κ1) is 12.5. The lowest BCUT2D eigenvalue weighted by atomic mass is 10.2. The van der Waals surface area contributed by atoms with Crippen molar-refractivity contribution in [3.63, 3.8) is 0 Å². The maximum absolute atomic E-state index is 5.91. The zero-order valence-corrected chi connectivity index (χ0v) is 11.7. The van der Waals surface area contributed by atoms with E-state index in [2.05, 4.69) is 20.6 Å². The van der Waals surface area contributed by atoms with Crippen LogP contribution in [0, 0.1) is 6.92 Å². The second-order valence-electron chi connectivity index (χ2n) is 5.24. The molecule has 5 heteroatoms. The van der Waals surface area contributed by atoms with Crippen molar-refractivity contribution in [2.75, 3.05) is 26.2 Å². The Morgan fingerprint density at radius 2 is 2.56 bits per heavy atom. The van der Waals surface area contributed by atoms with Crippen LogP contribution in [0.15, 0.2) is 5.38 Å². The summed E-state index contributed by atoms with van der Waals surface area (Å²) in [5.41, 5.74) is 1.15. The minimum Gasteiger partial charge on any atom is -0.374 e. The van der Waals surface area contributed by atoms with Crippen molar-refractivity contribution in [1.29, 1.82) is 0 Å². The van der Waals surface area contributed by atoms with Crippen LogP contribution in [0.2, 0.25) is 0 Å². The van der Waals surface area contributed by atoms with Crippen molar-refractivity contribution in [3.05, 3.63) is 16.1 Å². The van der Waals surface area contributed by atoms with Crippen LogP contribution >= 0.6 is 11.3 Å². The van der Waals surface area contributed by atoms with E-state index in [1.165, 1.54) is 19.4 Å². The van der Waals surface area contributed by atoms with Gasteiger partial charge >= 0.3 is 0 Å². The maximum atomic E-state index is 5.91. The zero-order chi connectivity index (χ0) is 12.4. The topological polar surface area (TPSA) is 37.4 Å². The van der Waals surface area contributed by atoms with E-state index in [4.69, 9.17) is 4.74 Å². The number of aromatic nitrogens is 1. The minimum absolute atomic E-state index is 0.346. The van der Waals surface area contributed by atoms with Crippen molar-refractivity contribution in [3.8, 4) is 0 Å². The third-order valence-corrected chi connectivity index (χ3v) is 4.63. The van der Waals surface area contributed by atoms with Gasteiger partial charge in [0.25, 0.3) is 0 Å². The monoisotopic (exact) mass is 267 g/mol. The molecule has 3 rings (SSSR count). The number of ether oxygens (including phenoxy) is 1. The predicted molar refractivity (Wildman–Crippen MR) is 72.9 cm³/mol. The van der Waals surface area contributed by atoms with Gasteiger partial charge in [-0.3, -0.25) is 4.90 Å². The summed E-state index contributed by atoms with van der Waals surface area (Å²) in [5.74, 6) is 0. The third-order valence-electron chi connectivity index (χ3n) is 3.81. The Bertz CT molecular complexity index is 395. The molecule has 2 saturated heterocycles. The number of thiazole rings is 1. The molecular weight excluding hydrogens is 246 g/mol. The summed E-state index contributed by atoms with van der Waals surface area (Å²) in [5, 5.41) is 6.72. The molecule has 2 aliphatic rings. The van der Waals surface area contributed by atoms with Crippen molar-refractivity contribution in [2.45, 2.75) is 38.5 Å². The summed E-state index contributed by atoms with van der Waals surface area (Å²) >= 11 is 1.71. The molecular formula is C13H21N3OS. The van der Waals surface area contributed by atoms with E-state index in [1.807, 2.05) is 6.92 Å². The minimum atomic E-state index is 0.346. The van der Waals surface area contributed by atoms with Gasteiger partial charge in [-0.25, -0.2) is 4.98 Å². The first-order valence-corrected chi connectivity index (χ1v) is 7.66. The summed E-state index contributed by atoms with van der Waals surface area (Å²) in [6.07, 6.45) is 3.00. The van der Waals surface area contributed by atoms with Crippen LogP contribution < -0.4 is 5.32 Å². The van der Waals surface area contributed by atoms with Gasteiger partial charge in [0.2, 0.25) is 0 Å². The Morgan fingerprint density at radius 3 is 3.39 bits per heavy atom. The van der Waals surface area contributed by atoms with Gasteiger partial charge in [-0.2, -0.15) is 0 Å². The van der Waals surface area contributed by atoms with Crippen LogP contribution in [0.4, 0.5) is 0 Å². The third kappa shape index (κ3) is 2.91. The van der Waals surface area contributed by atoms with Crippen LogP contribution in [-0.4, -0.2) is 48.3 Å². The van der Waals surface area contributed by atoms with E-state index in [-0.39, 0.29) is 0 Å². The van der Waals surface area contributed by atoms with Crippen LogP contribution in [0.3, 0.4) is 0 Å². The molecule has 2 unspecified atom stereocenters. The summed E-state index contributed by atoms with van der Waals surface area (Å²) in [4.78, 5) is 7.04. The van der Waals surface area contributed by atoms with Gasteiger partial charge in [0.05, 0.1) is 23.4 Å². The summed E-state index contributed by atoms with van der Waals surface area (Å²) in [6.45, 7) is 7.10. The van der Waals surface area contributed by atoms with Crippen LogP contribution in [0.1, 0.15) is 23.5 Å². The van der Waals surface area contributed by atoms with Gasteiger partial charge in [0, 0.05) is 31.1 Å². The van der Waals surface area contributed by atoms with Gasteiger partial charge in [-0.1, -0.05) is 0 Å². The van der Waals surface area contributed by atoms with Crippen molar-refractivity contribution in [1.82, 2.24) is 15.2 Å². The van der Waals surface area contributed by atoms with E-state index in [0.717, 1.165) is 36.9 Å². The van der Waals surface area contributed by atoms with Crippen LogP contribution in [0.5, 0.6) is 0 Å². The molecule has 3 heterocycles. The highest BCUT2D eigenvalue weighted by atomic mass is 32.1. The molecule has 0 bridgehead atoms. The lowest BCUT2D eigenvalue weighted by Crippen LogP contribution is -2.49. The fraction of sp³-hybridized carbons (Fsp3) is 0.769. The van der Waals surface area contributed by atoms with Gasteiger partial charge in [-0.15, -0.1) is 11.3 Å². The molecule has 0 aliphatic carbocycles. The van der Waals surface area contributed by atoms with Crippen LogP contribution in [0.25, 0.3) is 0 Å². The Hall–Kier alpha value is -0.490. The number of hydrogen-bond donors (Lipinski definition) is 1. The molecule has 1 aromatic rings. The quantitative estimate of drug-likeness (QED) is 0.895. The number of morpholine rings is 1. The van der Waals surface area contributed by atoms with Gasteiger partial charge in [0.15, 0.2) is 0 Å². The molecule has 1 N–H and O–H groups in total. The molecule has 100 valence electrons. The average Bonchev–Trinajstić information content (AvgIpc) is 2.97. The molecule has 2 atom stereocenters. The number of aryl methyl sites for hydroxylation is 1. The average molecular weight is 267 g/mol. The van der Waals surface area contributed by atoms with Crippen molar-refractivity contribution < 1.29 is 4.74 Å². The van der Waals surface area contributed by atoms with Crippen molar-refractivity contribution in [2.24, 2.45) is 0 Å². The highest BCUT2D eigenvalue weighted by Gasteiger charge is 2.31. The van der Waals surface area contributed by atoms with E-state index in [0.29, 0.717) is 12.1 Å². The maximum Gasteiger partial charge on any atom is 0.0897 e. The lowest BCUT2D eigenvalue weighted by Gasteiger charge is -2.35. The first-order valence-electron chi connectivity index (χ1n) is 6.78. The second kappa shape index (κ2) is 5.65. The Labute approximate surface area is 112 Å². The highest BCUT2D eigenvalue weighted by Crippen LogP contribution is 2.22. The molecule has 1 aromatic heterocycles. The molecule has 2 fully saturated rings.